The zero-order chi connectivity index (χ0) is 20.8. The topological polar surface area (TPSA) is 61.9 Å². The van der Waals surface area contributed by atoms with Crippen LogP contribution in [-0.4, -0.2) is 54.9 Å². The van der Waals surface area contributed by atoms with Gasteiger partial charge in [0.25, 0.3) is 0 Å². The fourth-order valence-electron chi connectivity index (χ4n) is 3.14. The van der Waals surface area contributed by atoms with E-state index < -0.39 is 0 Å². The summed E-state index contributed by atoms with van der Waals surface area (Å²) in [5.41, 5.74) is 1.14. The Balaban J connectivity index is 1.54. The number of nitrogens with zero attached hydrogens (tertiary/aromatic N) is 2. The van der Waals surface area contributed by atoms with Gasteiger partial charge in [-0.25, -0.2) is 4.39 Å². The molecule has 0 spiro atoms. The van der Waals surface area contributed by atoms with Gasteiger partial charge in [0.2, 0.25) is 11.8 Å². The minimum absolute atomic E-state index is 0.0706. The van der Waals surface area contributed by atoms with Crippen molar-refractivity contribution in [2.45, 2.75) is 25.4 Å². The van der Waals surface area contributed by atoms with E-state index in [1.165, 1.54) is 6.07 Å². The highest BCUT2D eigenvalue weighted by atomic mass is 19.1. The molecule has 1 fully saturated rings. The van der Waals surface area contributed by atoms with Crippen molar-refractivity contribution >= 4 is 17.5 Å². The molecule has 2 aromatic carbocycles. The zero-order valence-electron chi connectivity index (χ0n) is 16.7. The van der Waals surface area contributed by atoms with Crippen LogP contribution in [0, 0.1) is 5.82 Å². The molecule has 2 aromatic rings. The largest absolute Gasteiger partial charge is 0.497 e. The highest BCUT2D eigenvalue weighted by Gasteiger charge is 2.33. The highest BCUT2D eigenvalue weighted by Crippen LogP contribution is 2.29. The van der Waals surface area contributed by atoms with Gasteiger partial charge in [-0.2, -0.15) is 0 Å². The summed E-state index contributed by atoms with van der Waals surface area (Å²) < 4.78 is 19.1. The lowest BCUT2D eigenvalue weighted by atomic mass is 10.2. The second-order valence-corrected chi connectivity index (χ2v) is 7.30. The molecule has 0 radical (unpaired) electrons. The van der Waals surface area contributed by atoms with Gasteiger partial charge in [-0.15, -0.1) is 0 Å². The van der Waals surface area contributed by atoms with Crippen LogP contribution in [-0.2, 0) is 16.1 Å². The molecule has 1 aliphatic carbocycles. The van der Waals surface area contributed by atoms with Crippen LogP contribution < -0.4 is 10.1 Å². The van der Waals surface area contributed by atoms with E-state index in [0.29, 0.717) is 17.0 Å². The van der Waals surface area contributed by atoms with Crippen LogP contribution in [0.25, 0.3) is 0 Å². The number of halogens is 1. The first-order chi connectivity index (χ1) is 14.0. The average Bonchev–Trinajstić information content (AvgIpc) is 3.52. The molecule has 2 amide bonds. The molecule has 0 aliphatic heterocycles. The van der Waals surface area contributed by atoms with Gasteiger partial charge in [0.1, 0.15) is 11.6 Å². The van der Waals surface area contributed by atoms with Crippen molar-refractivity contribution in [3.8, 4) is 5.75 Å². The number of benzene rings is 2. The lowest BCUT2D eigenvalue weighted by Gasteiger charge is -2.25. The molecule has 1 saturated carbocycles. The Morgan fingerprint density at radius 1 is 1.14 bits per heavy atom. The predicted octanol–water partition coefficient (Wildman–Crippen LogP) is 2.90. The number of hydrogen-bond acceptors (Lipinski definition) is 4. The van der Waals surface area contributed by atoms with Crippen LogP contribution in [0.1, 0.15) is 18.4 Å². The summed E-state index contributed by atoms with van der Waals surface area (Å²) in [6.45, 7) is 0.414. The van der Waals surface area contributed by atoms with E-state index in [-0.39, 0.29) is 43.3 Å². The normalized spacial score (nSPS) is 13.2. The van der Waals surface area contributed by atoms with Crippen LogP contribution in [0.2, 0.25) is 0 Å². The second-order valence-electron chi connectivity index (χ2n) is 7.30. The number of carbonyl (C=O) groups excluding carboxylic acids is 2. The maximum Gasteiger partial charge on any atom is 0.238 e. The first kappa shape index (κ1) is 20.8. The predicted molar refractivity (Wildman–Crippen MR) is 109 cm³/mol. The molecular weight excluding hydrogens is 373 g/mol. The van der Waals surface area contributed by atoms with Crippen LogP contribution in [0.15, 0.2) is 48.5 Å². The number of nitrogens with one attached hydrogen (secondary N) is 1. The summed E-state index contributed by atoms with van der Waals surface area (Å²) in [7, 11) is 3.28. The van der Waals surface area contributed by atoms with E-state index >= 15 is 0 Å². The van der Waals surface area contributed by atoms with E-state index in [2.05, 4.69) is 5.32 Å². The fourth-order valence-corrected chi connectivity index (χ4v) is 3.14. The van der Waals surface area contributed by atoms with Crippen molar-refractivity contribution in [1.29, 1.82) is 0 Å². The van der Waals surface area contributed by atoms with E-state index in [0.717, 1.165) is 12.8 Å². The summed E-state index contributed by atoms with van der Waals surface area (Å²) in [6.07, 6.45) is 1.86. The van der Waals surface area contributed by atoms with Crippen molar-refractivity contribution in [2.24, 2.45) is 0 Å². The summed E-state index contributed by atoms with van der Waals surface area (Å²) in [5.74, 6) is 0.0181. The summed E-state index contributed by atoms with van der Waals surface area (Å²) in [4.78, 5) is 28.5. The smallest absolute Gasteiger partial charge is 0.238 e. The second kappa shape index (κ2) is 9.52. The van der Waals surface area contributed by atoms with Gasteiger partial charge in [-0.05, 0) is 38.1 Å². The highest BCUT2D eigenvalue weighted by molar-refractivity contribution is 5.92. The Bertz CT molecular complexity index is 870. The summed E-state index contributed by atoms with van der Waals surface area (Å²) in [5, 5.41) is 2.80. The van der Waals surface area contributed by atoms with Crippen LogP contribution in [0.4, 0.5) is 10.1 Å². The first-order valence-electron chi connectivity index (χ1n) is 9.61. The summed E-state index contributed by atoms with van der Waals surface area (Å²) in [6, 6.07) is 13.7. The van der Waals surface area contributed by atoms with Gasteiger partial charge in [-0.1, -0.05) is 24.3 Å². The molecule has 7 heteroatoms. The van der Waals surface area contributed by atoms with Crippen molar-refractivity contribution in [3.05, 3.63) is 59.9 Å². The van der Waals surface area contributed by atoms with Crippen molar-refractivity contribution < 1.29 is 18.7 Å². The Hall–Kier alpha value is -2.93. The lowest BCUT2D eigenvalue weighted by molar-refractivity contribution is -0.133. The van der Waals surface area contributed by atoms with Gasteiger partial charge in [0.15, 0.2) is 0 Å². The van der Waals surface area contributed by atoms with Crippen LogP contribution in [0.5, 0.6) is 5.75 Å². The molecule has 29 heavy (non-hydrogen) atoms. The Labute approximate surface area is 170 Å². The number of amides is 2. The molecule has 0 unspecified atom stereocenters. The number of carbonyl (C=O) groups is 2. The van der Waals surface area contributed by atoms with Crippen LogP contribution in [0.3, 0.4) is 0 Å². The molecule has 3 rings (SSSR count). The zero-order valence-corrected chi connectivity index (χ0v) is 16.7. The Morgan fingerprint density at radius 3 is 2.59 bits per heavy atom. The van der Waals surface area contributed by atoms with Crippen LogP contribution >= 0.6 is 0 Å². The maximum absolute atomic E-state index is 14.0. The van der Waals surface area contributed by atoms with E-state index in [9.17, 15) is 14.0 Å². The van der Waals surface area contributed by atoms with Crippen molar-refractivity contribution in [2.75, 3.05) is 32.6 Å². The Morgan fingerprint density at radius 2 is 1.90 bits per heavy atom. The molecule has 0 saturated heterocycles. The molecule has 0 atom stereocenters. The van der Waals surface area contributed by atoms with Crippen molar-refractivity contribution in [1.82, 2.24) is 9.80 Å². The molecular formula is C22H26FN3O3. The van der Waals surface area contributed by atoms with Gasteiger partial charge in [0.05, 0.1) is 20.2 Å². The molecule has 6 nitrogen and oxygen atoms in total. The average molecular weight is 399 g/mol. The lowest BCUT2D eigenvalue weighted by Crippen LogP contribution is -2.42. The fraction of sp³-hybridized carbons (Fsp3) is 0.364. The molecule has 1 N–H and O–H groups in total. The number of rotatable bonds is 9. The summed E-state index contributed by atoms with van der Waals surface area (Å²) >= 11 is 0. The quantitative estimate of drug-likeness (QED) is 0.704. The minimum atomic E-state index is -0.308. The number of likely N-dealkylation sites (N-methyl/N-ethyl adjacent to an activating group) is 1. The third-order valence-corrected chi connectivity index (χ3v) is 4.78. The van der Waals surface area contributed by atoms with Gasteiger partial charge in [0, 0.05) is 29.9 Å². The number of methoxy groups -OCH3 is 1. The third kappa shape index (κ3) is 6.02. The Kier molecular flexibility index (Phi) is 6.82. The maximum atomic E-state index is 14.0. The molecule has 0 bridgehead atoms. The number of ether oxygens (including phenoxy) is 1. The molecule has 1 aliphatic rings. The number of anilines is 1. The van der Waals surface area contributed by atoms with Gasteiger partial charge in [-0.3, -0.25) is 14.5 Å². The first-order valence-corrected chi connectivity index (χ1v) is 9.61. The van der Waals surface area contributed by atoms with Gasteiger partial charge >= 0.3 is 0 Å². The molecule has 0 aromatic heterocycles. The monoisotopic (exact) mass is 399 g/mol. The molecule has 0 heterocycles. The van der Waals surface area contributed by atoms with E-state index in [1.54, 1.807) is 66.4 Å². The third-order valence-electron chi connectivity index (χ3n) is 4.78. The standard InChI is InChI=1S/C22H26FN3O3/c1-25(14-21(27)24-17-7-5-8-19(12-17)29-2)15-22(28)26(18-10-11-18)13-16-6-3-4-9-20(16)23/h3-9,12,18H,10-11,13-15H2,1-2H3,(H,24,27). The minimum Gasteiger partial charge on any atom is -0.497 e. The van der Waals surface area contributed by atoms with Gasteiger partial charge < -0.3 is 15.0 Å². The van der Waals surface area contributed by atoms with Crippen molar-refractivity contribution in [3.63, 3.8) is 0 Å². The SMILES string of the molecule is COc1cccc(NC(=O)CN(C)CC(=O)N(Cc2ccccc2F)C2CC2)c1. The van der Waals surface area contributed by atoms with E-state index in [1.807, 2.05) is 0 Å². The van der Waals surface area contributed by atoms with E-state index in [4.69, 9.17) is 4.74 Å². The number of hydrogen-bond donors (Lipinski definition) is 1. The molecule has 154 valence electrons.